The van der Waals surface area contributed by atoms with Gasteiger partial charge < -0.3 is 19.9 Å². The smallest absolute Gasteiger partial charge is 0.223 e. The Labute approximate surface area is 170 Å². The predicted molar refractivity (Wildman–Crippen MR) is 109 cm³/mol. The van der Waals surface area contributed by atoms with Gasteiger partial charge in [0, 0.05) is 45.6 Å². The number of halogens is 1. The van der Waals surface area contributed by atoms with Crippen molar-refractivity contribution in [1.82, 2.24) is 10.2 Å². The van der Waals surface area contributed by atoms with E-state index in [1.807, 2.05) is 29.2 Å². The molecule has 7 heteroatoms. The van der Waals surface area contributed by atoms with Crippen LogP contribution < -0.4 is 15.0 Å². The molecule has 1 N–H and O–H groups in total. The van der Waals surface area contributed by atoms with Crippen LogP contribution in [0.4, 0.5) is 10.1 Å². The molecule has 0 aromatic heterocycles. The highest BCUT2D eigenvalue weighted by molar-refractivity contribution is 5.83. The number of anilines is 1. The van der Waals surface area contributed by atoms with Gasteiger partial charge in [0.1, 0.15) is 11.6 Å². The number of benzene rings is 2. The summed E-state index contributed by atoms with van der Waals surface area (Å²) in [7, 11) is 1.60. The first-order valence-electron chi connectivity index (χ1n) is 9.73. The van der Waals surface area contributed by atoms with Crippen molar-refractivity contribution in [3.05, 3.63) is 59.9 Å². The van der Waals surface area contributed by atoms with E-state index in [9.17, 15) is 14.0 Å². The highest BCUT2D eigenvalue weighted by Gasteiger charge is 2.22. The van der Waals surface area contributed by atoms with Crippen LogP contribution in [0.3, 0.4) is 0 Å². The summed E-state index contributed by atoms with van der Waals surface area (Å²) < 4.78 is 19.0. The number of piperazine rings is 1. The van der Waals surface area contributed by atoms with Crippen molar-refractivity contribution in [2.24, 2.45) is 0 Å². The Morgan fingerprint density at radius 1 is 1.00 bits per heavy atom. The highest BCUT2D eigenvalue weighted by Crippen LogP contribution is 2.20. The first-order chi connectivity index (χ1) is 14.1. The topological polar surface area (TPSA) is 61.9 Å². The quantitative estimate of drug-likeness (QED) is 0.778. The van der Waals surface area contributed by atoms with Gasteiger partial charge in [-0.3, -0.25) is 9.59 Å². The molecule has 2 aromatic carbocycles. The second kappa shape index (κ2) is 9.91. The van der Waals surface area contributed by atoms with Gasteiger partial charge in [0.25, 0.3) is 0 Å². The zero-order valence-corrected chi connectivity index (χ0v) is 16.6. The third-order valence-corrected chi connectivity index (χ3v) is 5.04. The van der Waals surface area contributed by atoms with Crippen LogP contribution in [0.5, 0.6) is 5.75 Å². The van der Waals surface area contributed by atoms with E-state index in [2.05, 4.69) is 5.32 Å². The largest absolute Gasteiger partial charge is 0.497 e. The van der Waals surface area contributed by atoms with Gasteiger partial charge in [0.2, 0.25) is 11.8 Å². The summed E-state index contributed by atoms with van der Waals surface area (Å²) in [4.78, 5) is 28.1. The standard InChI is InChI=1S/C22H26FN3O3/c1-29-18-8-6-17(7-9-18)16-24-21(27)10-11-22(28)26-14-12-25(13-15-26)20-5-3-2-4-19(20)23/h2-9H,10-16H2,1H3,(H,24,27). The molecule has 0 spiro atoms. The lowest BCUT2D eigenvalue weighted by Crippen LogP contribution is -2.49. The van der Waals surface area contributed by atoms with Crippen LogP contribution in [0, 0.1) is 5.82 Å². The molecule has 0 radical (unpaired) electrons. The molecule has 154 valence electrons. The van der Waals surface area contributed by atoms with Crippen LogP contribution in [0.15, 0.2) is 48.5 Å². The van der Waals surface area contributed by atoms with Gasteiger partial charge in [-0.2, -0.15) is 0 Å². The lowest BCUT2D eigenvalue weighted by molar-refractivity contribution is -0.133. The van der Waals surface area contributed by atoms with E-state index in [4.69, 9.17) is 4.74 Å². The van der Waals surface area contributed by atoms with Crippen molar-refractivity contribution in [1.29, 1.82) is 0 Å². The number of nitrogens with one attached hydrogen (secondary N) is 1. The maximum atomic E-state index is 13.9. The Bertz CT molecular complexity index is 833. The lowest BCUT2D eigenvalue weighted by Gasteiger charge is -2.36. The molecular formula is C22H26FN3O3. The summed E-state index contributed by atoms with van der Waals surface area (Å²) in [6, 6.07) is 14.1. The molecule has 3 rings (SSSR count). The second-order valence-corrected chi connectivity index (χ2v) is 6.94. The van der Waals surface area contributed by atoms with Crippen LogP contribution in [0.25, 0.3) is 0 Å². The summed E-state index contributed by atoms with van der Waals surface area (Å²) in [6.07, 6.45) is 0.330. The van der Waals surface area contributed by atoms with Crippen LogP contribution >= 0.6 is 0 Å². The number of methoxy groups -OCH3 is 1. The van der Waals surface area contributed by atoms with Crippen molar-refractivity contribution in [3.8, 4) is 5.75 Å². The molecule has 0 atom stereocenters. The zero-order chi connectivity index (χ0) is 20.6. The predicted octanol–water partition coefficient (Wildman–Crippen LogP) is 2.58. The molecule has 0 bridgehead atoms. The lowest BCUT2D eigenvalue weighted by atomic mass is 10.2. The number of carbonyl (C=O) groups excluding carboxylic acids is 2. The Balaban J connectivity index is 1.38. The van der Waals surface area contributed by atoms with Gasteiger partial charge in [-0.05, 0) is 29.8 Å². The van der Waals surface area contributed by atoms with Gasteiger partial charge in [-0.15, -0.1) is 0 Å². The Kier molecular flexibility index (Phi) is 7.05. The van der Waals surface area contributed by atoms with Gasteiger partial charge >= 0.3 is 0 Å². The average Bonchev–Trinajstić information content (AvgIpc) is 2.77. The number of ether oxygens (including phenoxy) is 1. The monoisotopic (exact) mass is 399 g/mol. The van der Waals surface area contributed by atoms with Crippen molar-refractivity contribution in [3.63, 3.8) is 0 Å². The molecule has 1 fully saturated rings. The first-order valence-corrected chi connectivity index (χ1v) is 9.73. The minimum Gasteiger partial charge on any atom is -0.497 e. The van der Waals surface area contributed by atoms with Crippen molar-refractivity contribution >= 4 is 17.5 Å². The number of para-hydroxylation sites is 1. The van der Waals surface area contributed by atoms with E-state index >= 15 is 0 Å². The fourth-order valence-electron chi connectivity index (χ4n) is 3.32. The molecule has 2 aromatic rings. The molecular weight excluding hydrogens is 373 g/mol. The number of rotatable bonds is 7. The molecule has 1 saturated heterocycles. The summed E-state index contributed by atoms with van der Waals surface area (Å²) in [5.74, 6) is 0.318. The number of amides is 2. The fraction of sp³-hybridized carbons (Fsp3) is 0.364. The van der Waals surface area contributed by atoms with Gasteiger partial charge in [0.05, 0.1) is 12.8 Å². The van der Waals surface area contributed by atoms with E-state index in [1.54, 1.807) is 30.2 Å². The molecule has 0 saturated carbocycles. The molecule has 2 amide bonds. The van der Waals surface area contributed by atoms with Gasteiger partial charge in [-0.1, -0.05) is 24.3 Å². The third kappa shape index (κ3) is 5.70. The maximum Gasteiger partial charge on any atom is 0.223 e. The number of hydrogen-bond donors (Lipinski definition) is 1. The molecule has 0 aliphatic carbocycles. The SMILES string of the molecule is COc1ccc(CNC(=O)CCC(=O)N2CCN(c3ccccc3F)CC2)cc1. The van der Waals surface area contributed by atoms with Gasteiger partial charge in [0.15, 0.2) is 0 Å². The second-order valence-electron chi connectivity index (χ2n) is 6.94. The minimum atomic E-state index is -0.249. The Morgan fingerprint density at radius 3 is 2.34 bits per heavy atom. The number of nitrogens with zero attached hydrogens (tertiary/aromatic N) is 2. The number of carbonyl (C=O) groups is 2. The van der Waals surface area contributed by atoms with Crippen molar-refractivity contribution < 1.29 is 18.7 Å². The zero-order valence-electron chi connectivity index (χ0n) is 16.6. The van der Waals surface area contributed by atoms with Crippen LogP contribution in [-0.4, -0.2) is 50.0 Å². The molecule has 29 heavy (non-hydrogen) atoms. The normalized spacial score (nSPS) is 13.9. The fourth-order valence-corrected chi connectivity index (χ4v) is 3.32. The Hall–Kier alpha value is -3.09. The third-order valence-electron chi connectivity index (χ3n) is 5.04. The van der Waals surface area contributed by atoms with E-state index in [1.165, 1.54) is 6.07 Å². The van der Waals surface area contributed by atoms with Gasteiger partial charge in [-0.25, -0.2) is 4.39 Å². The first kappa shape index (κ1) is 20.6. The molecule has 1 heterocycles. The minimum absolute atomic E-state index is 0.0437. The molecule has 1 aliphatic heterocycles. The summed E-state index contributed by atoms with van der Waals surface area (Å²) in [6.45, 7) is 2.63. The van der Waals surface area contributed by atoms with E-state index in [0.29, 0.717) is 38.4 Å². The van der Waals surface area contributed by atoms with Crippen LogP contribution in [0.1, 0.15) is 18.4 Å². The summed E-state index contributed by atoms with van der Waals surface area (Å²) in [5, 5.41) is 2.83. The maximum absolute atomic E-state index is 13.9. The molecule has 1 aliphatic rings. The van der Waals surface area contributed by atoms with E-state index in [0.717, 1.165) is 11.3 Å². The van der Waals surface area contributed by atoms with Crippen LogP contribution in [0.2, 0.25) is 0 Å². The highest BCUT2D eigenvalue weighted by atomic mass is 19.1. The number of hydrogen-bond acceptors (Lipinski definition) is 4. The summed E-state index contributed by atoms with van der Waals surface area (Å²) in [5.41, 5.74) is 1.53. The van der Waals surface area contributed by atoms with E-state index < -0.39 is 0 Å². The van der Waals surface area contributed by atoms with Crippen molar-refractivity contribution in [2.75, 3.05) is 38.2 Å². The van der Waals surface area contributed by atoms with E-state index in [-0.39, 0.29) is 30.5 Å². The van der Waals surface area contributed by atoms with Crippen molar-refractivity contribution in [2.45, 2.75) is 19.4 Å². The summed E-state index contributed by atoms with van der Waals surface area (Å²) >= 11 is 0. The molecule has 6 nitrogen and oxygen atoms in total. The Morgan fingerprint density at radius 2 is 1.69 bits per heavy atom. The average molecular weight is 399 g/mol. The van der Waals surface area contributed by atoms with Crippen LogP contribution in [-0.2, 0) is 16.1 Å². The molecule has 0 unspecified atom stereocenters.